The summed E-state index contributed by atoms with van der Waals surface area (Å²) in [6, 6.07) is 9.85. The zero-order valence-corrected chi connectivity index (χ0v) is 11.8. The van der Waals surface area contributed by atoms with E-state index in [1.165, 1.54) is 11.1 Å². The predicted octanol–water partition coefficient (Wildman–Crippen LogP) is 3.67. The first kappa shape index (κ1) is 13.3. The largest absolute Gasteiger partial charge is 0.329 e. The molecule has 3 heteroatoms. The number of benzene rings is 1. The lowest BCUT2D eigenvalue weighted by atomic mass is 10.1. The van der Waals surface area contributed by atoms with Crippen LogP contribution in [0.5, 0.6) is 0 Å². The Morgan fingerprint density at radius 3 is 2.58 bits per heavy atom. The second-order valence-corrected chi connectivity index (χ2v) is 4.78. The third-order valence-corrected chi connectivity index (χ3v) is 3.20. The minimum atomic E-state index is 0.0275. The van der Waals surface area contributed by atoms with Gasteiger partial charge in [0.15, 0.2) is 5.78 Å². The quantitative estimate of drug-likeness (QED) is 0.783. The molecule has 0 fully saturated rings. The molecule has 1 heterocycles. The SMILES string of the molecule is CC(=O)c1cccnc1N(C)c1ccc(C)cc1C. The van der Waals surface area contributed by atoms with E-state index in [4.69, 9.17) is 0 Å². The van der Waals surface area contributed by atoms with Crippen LogP contribution in [-0.2, 0) is 0 Å². The van der Waals surface area contributed by atoms with E-state index in [1.54, 1.807) is 19.2 Å². The highest BCUT2D eigenvalue weighted by Crippen LogP contribution is 2.28. The highest BCUT2D eigenvalue weighted by molar-refractivity contribution is 5.99. The van der Waals surface area contributed by atoms with Gasteiger partial charge in [0.25, 0.3) is 0 Å². The number of ketones is 1. The maximum Gasteiger partial charge on any atom is 0.163 e. The van der Waals surface area contributed by atoms with Crippen LogP contribution in [0.25, 0.3) is 0 Å². The Balaban J connectivity index is 2.50. The van der Waals surface area contributed by atoms with E-state index in [2.05, 4.69) is 37.0 Å². The normalized spacial score (nSPS) is 10.3. The van der Waals surface area contributed by atoms with Crippen LogP contribution < -0.4 is 4.90 Å². The number of anilines is 2. The minimum Gasteiger partial charge on any atom is -0.329 e. The van der Waals surface area contributed by atoms with Gasteiger partial charge in [0.1, 0.15) is 5.82 Å². The lowest BCUT2D eigenvalue weighted by molar-refractivity contribution is 0.101. The molecule has 0 saturated carbocycles. The monoisotopic (exact) mass is 254 g/mol. The van der Waals surface area contributed by atoms with Crippen molar-refractivity contribution in [1.82, 2.24) is 4.98 Å². The van der Waals surface area contributed by atoms with Crippen LogP contribution in [0.1, 0.15) is 28.4 Å². The van der Waals surface area contributed by atoms with Crippen molar-refractivity contribution in [2.45, 2.75) is 20.8 Å². The summed E-state index contributed by atoms with van der Waals surface area (Å²) in [5, 5.41) is 0. The molecule has 0 bridgehead atoms. The van der Waals surface area contributed by atoms with Crippen molar-refractivity contribution in [2.24, 2.45) is 0 Å². The van der Waals surface area contributed by atoms with Crippen LogP contribution in [0.15, 0.2) is 36.5 Å². The summed E-state index contributed by atoms with van der Waals surface area (Å²) in [6.45, 7) is 5.70. The fourth-order valence-electron chi connectivity index (χ4n) is 2.23. The Kier molecular flexibility index (Phi) is 3.65. The number of hydrogen-bond donors (Lipinski definition) is 0. The highest BCUT2D eigenvalue weighted by Gasteiger charge is 2.14. The summed E-state index contributed by atoms with van der Waals surface area (Å²) in [5.41, 5.74) is 4.10. The Hall–Kier alpha value is -2.16. The summed E-state index contributed by atoms with van der Waals surface area (Å²) in [4.78, 5) is 18.0. The number of hydrogen-bond acceptors (Lipinski definition) is 3. The van der Waals surface area contributed by atoms with Gasteiger partial charge in [0.05, 0.1) is 5.56 Å². The molecule has 98 valence electrons. The number of pyridine rings is 1. The van der Waals surface area contributed by atoms with E-state index in [0.29, 0.717) is 11.4 Å². The summed E-state index contributed by atoms with van der Waals surface area (Å²) < 4.78 is 0. The van der Waals surface area contributed by atoms with Gasteiger partial charge < -0.3 is 4.90 Å². The number of rotatable bonds is 3. The van der Waals surface area contributed by atoms with Gasteiger partial charge in [0.2, 0.25) is 0 Å². The third-order valence-electron chi connectivity index (χ3n) is 3.20. The number of carbonyl (C=O) groups is 1. The number of nitrogens with zero attached hydrogens (tertiary/aromatic N) is 2. The highest BCUT2D eigenvalue weighted by atomic mass is 16.1. The summed E-state index contributed by atoms with van der Waals surface area (Å²) in [7, 11) is 1.94. The standard InChI is InChI=1S/C16H18N2O/c1-11-7-8-15(12(2)10-11)18(4)16-14(13(3)19)6-5-9-17-16/h5-10H,1-4H3. The van der Waals surface area contributed by atoms with Crippen molar-refractivity contribution in [3.05, 3.63) is 53.2 Å². The molecular formula is C16H18N2O. The molecular weight excluding hydrogens is 236 g/mol. The van der Waals surface area contributed by atoms with Crippen molar-refractivity contribution >= 4 is 17.3 Å². The Morgan fingerprint density at radius 1 is 1.21 bits per heavy atom. The van der Waals surface area contributed by atoms with Gasteiger partial charge in [-0.3, -0.25) is 4.79 Å². The molecule has 0 spiro atoms. The average Bonchev–Trinajstić information content (AvgIpc) is 2.38. The van der Waals surface area contributed by atoms with Crippen LogP contribution in [0.3, 0.4) is 0 Å². The van der Waals surface area contributed by atoms with Gasteiger partial charge in [-0.2, -0.15) is 0 Å². The van der Waals surface area contributed by atoms with Crippen molar-refractivity contribution in [1.29, 1.82) is 0 Å². The van der Waals surface area contributed by atoms with E-state index >= 15 is 0 Å². The first-order chi connectivity index (χ1) is 9.00. The predicted molar refractivity (Wildman–Crippen MR) is 78.2 cm³/mol. The van der Waals surface area contributed by atoms with Crippen molar-refractivity contribution in [3.63, 3.8) is 0 Å². The smallest absolute Gasteiger partial charge is 0.163 e. The van der Waals surface area contributed by atoms with E-state index < -0.39 is 0 Å². The third kappa shape index (κ3) is 2.65. The fraction of sp³-hybridized carbons (Fsp3) is 0.250. The zero-order valence-electron chi connectivity index (χ0n) is 11.8. The topological polar surface area (TPSA) is 33.2 Å². The summed E-state index contributed by atoms with van der Waals surface area (Å²) in [5.74, 6) is 0.724. The molecule has 0 unspecified atom stereocenters. The van der Waals surface area contributed by atoms with Gasteiger partial charge in [-0.05, 0) is 44.5 Å². The zero-order chi connectivity index (χ0) is 14.0. The Labute approximate surface area is 113 Å². The molecule has 0 radical (unpaired) electrons. The van der Waals surface area contributed by atoms with E-state index in [9.17, 15) is 4.79 Å². The summed E-state index contributed by atoms with van der Waals surface area (Å²) in [6.07, 6.45) is 1.71. The molecule has 0 aliphatic rings. The van der Waals surface area contributed by atoms with Crippen LogP contribution >= 0.6 is 0 Å². The van der Waals surface area contributed by atoms with Crippen LogP contribution in [0.4, 0.5) is 11.5 Å². The minimum absolute atomic E-state index is 0.0275. The maximum atomic E-state index is 11.7. The lowest BCUT2D eigenvalue weighted by Crippen LogP contribution is -2.16. The van der Waals surface area contributed by atoms with E-state index in [1.807, 2.05) is 18.0 Å². The van der Waals surface area contributed by atoms with Crippen LogP contribution in [0, 0.1) is 13.8 Å². The Bertz CT molecular complexity index is 620. The molecule has 2 aromatic rings. The molecule has 0 N–H and O–H groups in total. The second kappa shape index (κ2) is 5.22. The van der Waals surface area contributed by atoms with Crippen LogP contribution in [0.2, 0.25) is 0 Å². The van der Waals surface area contributed by atoms with E-state index in [0.717, 1.165) is 5.69 Å². The number of carbonyl (C=O) groups excluding carboxylic acids is 1. The molecule has 3 nitrogen and oxygen atoms in total. The maximum absolute atomic E-state index is 11.7. The molecule has 0 saturated heterocycles. The van der Waals surface area contributed by atoms with Crippen molar-refractivity contribution in [2.75, 3.05) is 11.9 Å². The van der Waals surface area contributed by atoms with Crippen LogP contribution in [-0.4, -0.2) is 17.8 Å². The first-order valence-electron chi connectivity index (χ1n) is 6.27. The van der Waals surface area contributed by atoms with Gasteiger partial charge >= 0.3 is 0 Å². The molecule has 0 aliphatic carbocycles. The van der Waals surface area contributed by atoms with E-state index in [-0.39, 0.29) is 5.78 Å². The molecule has 2 rings (SSSR count). The number of aryl methyl sites for hydroxylation is 2. The average molecular weight is 254 g/mol. The first-order valence-corrected chi connectivity index (χ1v) is 6.27. The van der Waals surface area contributed by atoms with Crippen molar-refractivity contribution in [3.8, 4) is 0 Å². The van der Waals surface area contributed by atoms with Gasteiger partial charge in [0, 0.05) is 18.9 Å². The Morgan fingerprint density at radius 2 is 1.95 bits per heavy atom. The molecule has 1 aromatic heterocycles. The van der Waals surface area contributed by atoms with Crippen molar-refractivity contribution < 1.29 is 4.79 Å². The number of aromatic nitrogens is 1. The molecule has 19 heavy (non-hydrogen) atoms. The fourth-order valence-corrected chi connectivity index (χ4v) is 2.23. The number of Topliss-reactive ketones (excluding diaryl/α,β-unsaturated/α-hetero) is 1. The van der Waals surface area contributed by atoms with Gasteiger partial charge in [-0.25, -0.2) is 4.98 Å². The van der Waals surface area contributed by atoms with Gasteiger partial charge in [-0.1, -0.05) is 17.7 Å². The second-order valence-electron chi connectivity index (χ2n) is 4.78. The van der Waals surface area contributed by atoms with Gasteiger partial charge in [-0.15, -0.1) is 0 Å². The lowest BCUT2D eigenvalue weighted by Gasteiger charge is -2.22. The molecule has 0 aliphatic heterocycles. The molecule has 0 atom stereocenters. The molecule has 0 amide bonds. The summed E-state index contributed by atoms with van der Waals surface area (Å²) >= 11 is 0. The molecule has 1 aromatic carbocycles.